The third-order valence-electron chi connectivity index (χ3n) is 1.89. The highest BCUT2D eigenvalue weighted by molar-refractivity contribution is 7.20. The van der Waals surface area contributed by atoms with Crippen LogP contribution in [0.4, 0.5) is 0 Å². The van der Waals surface area contributed by atoms with Crippen LogP contribution in [0.2, 0.25) is 0 Å². The van der Waals surface area contributed by atoms with Gasteiger partial charge in [0, 0.05) is 10.8 Å². The zero-order chi connectivity index (χ0) is 9.97. The SMILES string of the molecule is O=C(/C=C/O)c1cc2ccccc2s1. The molecule has 0 aliphatic rings. The molecule has 2 rings (SSSR count). The lowest BCUT2D eigenvalue weighted by Gasteiger charge is -1.83. The summed E-state index contributed by atoms with van der Waals surface area (Å²) >= 11 is 1.43. The first kappa shape index (κ1) is 8.97. The summed E-state index contributed by atoms with van der Waals surface area (Å²) in [5, 5.41) is 9.54. The van der Waals surface area contributed by atoms with Crippen LogP contribution in [0.15, 0.2) is 42.7 Å². The lowest BCUT2D eigenvalue weighted by Crippen LogP contribution is -1.87. The second-order valence-corrected chi connectivity index (χ2v) is 3.91. The van der Waals surface area contributed by atoms with Crippen molar-refractivity contribution in [3.05, 3.63) is 47.5 Å². The second kappa shape index (κ2) is 3.64. The molecular weight excluding hydrogens is 196 g/mol. The second-order valence-electron chi connectivity index (χ2n) is 2.83. The van der Waals surface area contributed by atoms with Crippen molar-refractivity contribution in [3.8, 4) is 0 Å². The van der Waals surface area contributed by atoms with Crippen LogP contribution >= 0.6 is 11.3 Å². The van der Waals surface area contributed by atoms with Gasteiger partial charge in [-0.3, -0.25) is 4.79 Å². The van der Waals surface area contributed by atoms with Crippen LogP contribution < -0.4 is 0 Å². The number of benzene rings is 1. The van der Waals surface area contributed by atoms with E-state index in [9.17, 15) is 4.79 Å². The summed E-state index contributed by atoms with van der Waals surface area (Å²) in [6, 6.07) is 9.65. The molecule has 0 saturated heterocycles. The van der Waals surface area contributed by atoms with E-state index in [2.05, 4.69) is 0 Å². The normalized spacial score (nSPS) is 11.1. The Bertz CT molecular complexity index is 464. The van der Waals surface area contributed by atoms with Gasteiger partial charge in [-0.15, -0.1) is 11.3 Å². The molecule has 0 unspecified atom stereocenters. The maximum Gasteiger partial charge on any atom is 0.198 e. The first-order valence-corrected chi connectivity index (χ1v) is 4.96. The predicted octanol–water partition coefficient (Wildman–Crippen LogP) is 3.16. The maximum absolute atomic E-state index is 11.4. The van der Waals surface area contributed by atoms with Crippen molar-refractivity contribution in [3.63, 3.8) is 0 Å². The Balaban J connectivity index is 2.50. The molecule has 0 radical (unpaired) electrons. The van der Waals surface area contributed by atoms with Gasteiger partial charge >= 0.3 is 0 Å². The first-order valence-electron chi connectivity index (χ1n) is 4.15. The smallest absolute Gasteiger partial charge is 0.198 e. The quantitative estimate of drug-likeness (QED) is 0.463. The predicted molar refractivity (Wildman–Crippen MR) is 57.9 cm³/mol. The summed E-state index contributed by atoms with van der Waals surface area (Å²) in [7, 11) is 0. The van der Waals surface area contributed by atoms with Gasteiger partial charge in [0.05, 0.1) is 11.1 Å². The molecular formula is C11H8O2S. The number of thiophene rings is 1. The van der Waals surface area contributed by atoms with Gasteiger partial charge in [-0.25, -0.2) is 0 Å². The molecule has 14 heavy (non-hydrogen) atoms. The average molecular weight is 204 g/mol. The van der Waals surface area contributed by atoms with Gasteiger partial charge in [-0.2, -0.15) is 0 Å². The van der Waals surface area contributed by atoms with E-state index in [0.29, 0.717) is 4.88 Å². The topological polar surface area (TPSA) is 37.3 Å². The lowest BCUT2D eigenvalue weighted by molar-refractivity contribution is 0.104. The van der Waals surface area contributed by atoms with E-state index < -0.39 is 0 Å². The molecule has 0 bridgehead atoms. The van der Waals surface area contributed by atoms with Gasteiger partial charge in [0.1, 0.15) is 0 Å². The maximum atomic E-state index is 11.4. The van der Waals surface area contributed by atoms with E-state index in [0.717, 1.165) is 22.4 Å². The molecule has 3 heteroatoms. The Kier molecular flexibility index (Phi) is 2.33. The number of hydrogen-bond acceptors (Lipinski definition) is 3. The Morgan fingerprint density at radius 2 is 2.14 bits per heavy atom. The van der Waals surface area contributed by atoms with Crippen LogP contribution in [0.25, 0.3) is 10.1 Å². The van der Waals surface area contributed by atoms with E-state index in [-0.39, 0.29) is 5.78 Å². The summed E-state index contributed by atoms with van der Waals surface area (Å²) in [5.41, 5.74) is 0. The largest absolute Gasteiger partial charge is 0.515 e. The Labute approximate surface area is 85.1 Å². The fourth-order valence-electron chi connectivity index (χ4n) is 1.25. The van der Waals surface area contributed by atoms with E-state index in [1.165, 1.54) is 11.3 Å². The summed E-state index contributed by atoms with van der Waals surface area (Å²) < 4.78 is 1.09. The standard InChI is InChI=1S/C11H8O2S/c12-6-5-9(13)11-7-8-3-1-2-4-10(8)14-11/h1-7,12H/b6-5+. The van der Waals surface area contributed by atoms with Crippen molar-refractivity contribution < 1.29 is 9.90 Å². The van der Waals surface area contributed by atoms with Crippen LogP contribution in [0.5, 0.6) is 0 Å². The number of carbonyl (C=O) groups excluding carboxylic acids is 1. The molecule has 0 spiro atoms. The minimum atomic E-state index is -0.159. The highest BCUT2D eigenvalue weighted by atomic mass is 32.1. The zero-order valence-corrected chi connectivity index (χ0v) is 8.12. The van der Waals surface area contributed by atoms with Crippen molar-refractivity contribution in [1.82, 2.24) is 0 Å². The summed E-state index contributed by atoms with van der Waals surface area (Å²) in [6.45, 7) is 0. The van der Waals surface area contributed by atoms with Crippen molar-refractivity contribution in [1.29, 1.82) is 0 Å². The van der Waals surface area contributed by atoms with Crippen molar-refractivity contribution in [2.45, 2.75) is 0 Å². The number of ketones is 1. The van der Waals surface area contributed by atoms with Crippen LogP contribution in [0.3, 0.4) is 0 Å². The van der Waals surface area contributed by atoms with Gasteiger partial charge in [0.15, 0.2) is 5.78 Å². The van der Waals surface area contributed by atoms with Gasteiger partial charge in [0.25, 0.3) is 0 Å². The van der Waals surface area contributed by atoms with Crippen molar-refractivity contribution in [2.24, 2.45) is 0 Å². The molecule has 0 amide bonds. The number of allylic oxidation sites excluding steroid dienone is 1. The average Bonchev–Trinajstić information content (AvgIpc) is 2.61. The van der Waals surface area contributed by atoms with Gasteiger partial charge in [0.2, 0.25) is 0 Å². The Hall–Kier alpha value is -1.61. The molecule has 1 heterocycles. The number of fused-ring (bicyclic) bond motifs is 1. The third kappa shape index (κ3) is 1.54. The fourth-order valence-corrected chi connectivity index (χ4v) is 2.24. The van der Waals surface area contributed by atoms with Crippen LogP contribution in [-0.2, 0) is 0 Å². The molecule has 1 aromatic heterocycles. The van der Waals surface area contributed by atoms with Gasteiger partial charge in [-0.1, -0.05) is 18.2 Å². The molecule has 0 atom stereocenters. The number of aliphatic hydroxyl groups excluding tert-OH is 1. The molecule has 0 aliphatic carbocycles. The van der Waals surface area contributed by atoms with E-state index >= 15 is 0 Å². The number of rotatable bonds is 2. The molecule has 70 valence electrons. The van der Waals surface area contributed by atoms with Crippen LogP contribution in [0.1, 0.15) is 9.67 Å². The minimum absolute atomic E-state index is 0.159. The molecule has 2 nitrogen and oxygen atoms in total. The Morgan fingerprint density at radius 3 is 2.86 bits per heavy atom. The lowest BCUT2D eigenvalue weighted by atomic mass is 10.2. The van der Waals surface area contributed by atoms with E-state index in [1.807, 2.05) is 30.3 Å². The molecule has 0 aliphatic heterocycles. The van der Waals surface area contributed by atoms with E-state index in [1.54, 1.807) is 0 Å². The molecule has 2 aromatic rings. The van der Waals surface area contributed by atoms with Gasteiger partial charge in [-0.05, 0) is 17.5 Å². The number of carbonyl (C=O) groups is 1. The highest BCUT2D eigenvalue weighted by Crippen LogP contribution is 2.25. The zero-order valence-electron chi connectivity index (χ0n) is 7.31. The highest BCUT2D eigenvalue weighted by Gasteiger charge is 2.06. The molecule has 0 fully saturated rings. The van der Waals surface area contributed by atoms with Crippen LogP contribution in [-0.4, -0.2) is 10.9 Å². The van der Waals surface area contributed by atoms with Crippen LogP contribution in [0, 0.1) is 0 Å². The van der Waals surface area contributed by atoms with Gasteiger partial charge < -0.3 is 5.11 Å². The molecule has 1 aromatic carbocycles. The molecule has 0 saturated carbocycles. The summed E-state index contributed by atoms with van der Waals surface area (Å²) in [6.07, 6.45) is 1.93. The first-order chi connectivity index (χ1) is 6.81. The fraction of sp³-hybridized carbons (Fsp3) is 0. The summed E-state index contributed by atoms with van der Waals surface area (Å²) in [5.74, 6) is -0.159. The third-order valence-corrected chi connectivity index (χ3v) is 3.02. The van der Waals surface area contributed by atoms with E-state index in [4.69, 9.17) is 5.11 Å². The minimum Gasteiger partial charge on any atom is -0.515 e. The number of aliphatic hydroxyl groups is 1. The Morgan fingerprint density at radius 1 is 1.36 bits per heavy atom. The van der Waals surface area contributed by atoms with Crippen molar-refractivity contribution >= 4 is 27.2 Å². The number of hydrogen-bond donors (Lipinski definition) is 1. The monoisotopic (exact) mass is 204 g/mol. The summed E-state index contributed by atoms with van der Waals surface area (Å²) in [4.78, 5) is 12.0. The van der Waals surface area contributed by atoms with Crippen molar-refractivity contribution in [2.75, 3.05) is 0 Å². The molecule has 1 N–H and O–H groups in total.